The normalized spacial score (nSPS) is 32.4. The fourth-order valence-corrected chi connectivity index (χ4v) is 6.65. The van der Waals surface area contributed by atoms with Gasteiger partial charge in [0.2, 0.25) is 0 Å². The molecule has 0 heterocycles. The Bertz CT molecular complexity index is 910. The number of hydrogen-bond acceptors (Lipinski definition) is 4. The average molecular weight is 497 g/mol. The predicted octanol–water partition coefficient (Wildman–Crippen LogP) is 6.37. The zero-order valence-corrected chi connectivity index (χ0v) is 23.2. The summed E-state index contributed by atoms with van der Waals surface area (Å²) in [4.78, 5) is 32.8. The summed E-state index contributed by atoms with van der Waals surface area (Å²) in [6.45, 7) is 15.1. The molecular weight excluding hydrogens is 451 g/mol. The maximum Gasteiger partial charge on any atom is 0.356 e. The average Bonchev–Trinajstić information content (AvgIpc) is 2.70. The van der Waals surface area contributed by atoms with Gasteiger partial charge in [-0.3, -0.25) is 9.36 Å². The Labute approximate surface area is 205 Å². The second-order valence-electron chi connectivity index (χ2n) is 12.7. The first-order chi connectivity index (χ1) is 15.4. The molecule has 0 amide bonds. The van der Waals surface area contributed by atoms with Crippen molar-refractivity contribution in [2.45, 2.75) is 105 Å². The third-order valence-corrected chi connectivity index (χ3v) is 10.4. The molecule has 4 unspecified atom stereocenters. The number of hydrogen-bond donors (Lipinski definition) is 2. The quantitative estimate of drug-likeness (QED) is 0.314. The molecule has 0 bridgehead atoms. The Hall–Kier alpha value is -0.940. The third kappa shape index (κ3) is 5.12. The van der Waals surface area contributed by atoms with Crippen molar-refractivity contribution in [3.05, 3.63) is 23.3 Å². The first-order valence-corrected chi connectivity index (χ1v) is 14.4. The summed E-state index contributed by atoms with van der Waals surface area (Å²) in [7, 11) is -4.46. The third-order valence-electron chi connectivity index (χ3n) is 8.89. The standard InChI is InChI=1S/C27H45O6P/c1-18(2)19-10-12-21-20(16-19)11-13-22-26(21,7)14-9-15-27(22,8)23(28)33-24(3,4)17-32-25(5,6)34(29,30)31/h11,16,18,21-22H,9-10,12-15,17H2,1-8H3,(H2,29,30,31). The van der Waals surface area contributed by atoms with Gasteiger partial charge in [-0.25, -0.2) is 0 Å². The summed E-state index contributed by atoms with van der Waals surface area (Å²) < 4.78 is 23.3. The SMILES string of the molecule is CC(C)C1=CC2=CCC3C(C)(C(=O)OC(C)(C)COC(C)(C)P(=O)(O)O)CCCC3(C)C2CC1. The Morgan fingerprint density at radius 3 is 2.44 bits per heavy atom. The zero-order valence-electron chi connectivity index (χ0n) is 22.3. The Morgan fingerprint density at radius 1 is 1.21 bits per heavy atom. The van der Waals surface area contributed by atoms with E-state index in [-0.39, 0.29) is 23.9 Å². The minimum atomic E-state index is -4.46. The van der Waals surface area contributed by atoms with Crippen molar-refractivity contribution in [1.29, 1.82) is 0 Å². The van der Waals surface area contributed by atoms with Crippen LogP contribution in [0.25, 0.3) is 0 Å². The van der Waals surface area contributed by atoms with E-state index in [1.165, 1.54) is 25.0 Å². The van der Waals surface area contributed by atoms with Crippen LogP contribution in [-0.2, 0) is 18.8 Å². The van der Waals surface area contributed by atoms with Crippen LogP contribution in [0.2, 0.25) is 0 Å². The van der Waals surface area contributed by atoms with E-state index < -0.39 is 24.0 Å². The van der Waals surface area contributed by atoms with Crippen LogP contribution in [0.4, 0.5) is 0 Å². The maximum absolute atomic E-state index is 13.7. The highest BCUT2D eigenvalue weighted by molar-refractivity contribution is 7.53. The van der Waals surface area contributed by atoms with E-state index in [4.69, 9.17) is 9.47 Å². The van der Waals surface area contributed by atoms with Gasteiger partial charge >= 0.3 is 13.6 Å². The van der Waals surface area contributed by atoms with E-state index in [9.17, 15) is 19.1 Å². The topological polar surface area (TPSA) is 93.1 Å². The lowest BCUT2D eigenvalue weighted by Crippen LogP contribution is -2.54. The Balaban J connectivity index is 1.80. The molecular formula is C27H45O6P. The van der Waals surface area contributed by atoms with Crippen LogP contribution < -0.4 is 0 Å². The summed E-state index contributed by atoms with van der Waals surface area (Å²) >= 11 is 0. The van der Waals surface area contributed by atoms with Gasteiger partial charge in [0.15, 0.2) is 5.34 Å². The van der Waals surface area contributed by atoms with Crippen molar-refractivity contribution < 1.29 is 28.6 Å². The van der Waals surface area contributed by atoms with Gasteiger partial charge in [-0.1, -0.05) is 44.9 Å². The molecule has 0 radical (unpaired) electrons. The summed E-state index contributed by atoms with van der Waals surface area (Å²) in [6.07, 6.45) is 10.8. The smallest absolute Gasteiger partial charge is 0.356 e. The highest BCUT2D eigenvalue weighted by Gasteiger charge is 2.58. The molecule has 1 fully saturated rings. The van der Waals surface area contributed by atoms with E-state index in [0.717, 1.165) is 38.5 Å². The van der Waals surface area contributed by atoms with Crippen LogP contribution in [-0.4, -0.2) is 33.3 Å². The fourth-order valence-electron chi connectivity index (χ4n) is 6.42. The largest absolute Gasteiger partial charge is 0.457 e. The van der Waals surface area contributed by atoms with Crippen LogP contribution in [0, 0.1) is 28.6 Å². The number of allylic oxidation sites excluding steroid dienone is 4. The summed E-state index contributed by atoms with van der Waals surface area (Å²) in [6, 6.07) is 0. The Morgan fingerprint density at radius 2 is 1.85 bits per heavy atom. The highest BCUT2D eigenvalue weighted by Crippen LogP contribution is 2.62. The van der Waals surface area contributed by atoms with Gasteiger partial charge in [0.25, 0.3) is 0 Å². The van der Waals surface area contributed by atoms with Gasteiger partial charge in [0.05, 0.1) is 12.0 Å². The van der Waals surface area contributed by atoms with E-state index in [1.54, 1.807) is 13.8 Å². The summed E-state index contributed by atoms with van der Waals surface area (Å²) in [5.74, 6) is 1.02. The molecule has 0 aromatic carbocycles. The molecule has 0 saturated heterocycles. The van der Waals surface area contributed by atoms with Gasteiger partial charge in [0, 0.05) is 0 Å². The molecule has 3 aliphatic carbocycles. The van der Waals surface area contributed by atoms with Crippen molar-refractivity contribution in [2.24, 2.45) is 28.6 Å². The van der Waals surface area contributed by atoms with Crippen molar-refractivity contribution in [1.82, 2.24) is 0 Å². The number of carbonyl (C=O) groups excluding carboxylic acids is 1. The predicted molar refractivity (Wildman–Crippen MR) is 134 cm³/mol. The van der Waals surface area contributed by atoms with Crippen LogP contribution in [0.15, 0.2) is 23.3 Å². The molecule has 4 atom stereocenters. The molecule has 3 rings (SSSR count). The number of rotatable bonds is 7. The molecule has 0 aromatic heterocycles. The van der Waals surface area contributed by atoms with E-state index in [0.29, 0.717) is 11.8 Å². The van der Waals surface area contributed by atoms with Crippen molar-refractivity contribution in [3.63, 3.8) is 0 Å². The lowest BCUT2D eigenvalue weighted by Gasteiger charge is -2.57. The van der Waals surface area contributed by atoms with Gasteiger partial charge < -0.3 is 19.3 Å². The lowest BCUT2D eigenvalue weighted by atomic mass is 9.47. The van der Waals surface area contributed by atoms with Gasteiger partial charge in [-0.2, -0.15) is 0 Å². The zero-order chi connectivity index (χ0) is 25.7. The number of fused-ring (bicyclic) bond motifs is 3. The van der Waals surface area contributed by atoms with Crippen molar-refractivity contribution in [3.8, 4) is 0 Å². The summed E-state index contributed by atoms with van der Waals surface area (Å²) in [5, 5.41) is -1.64. The minimum absolute atomic E-state index is 0.0537. The molecule has 6 nitrogen and oxygen atoms in total. The molecule has 2 N–H and O–H groups in total. The molecule has 194 valence electrons. The molecule has 7 heteroatoms. The van der Waals surface area contributed by atoms with Crippen LogP contribution in [0.3, 0.4) is 0 Å². The van der Waals surface area contributed by atoms with Gasteiger partial charge in [-0.05, 0) is 95.5 Å². The molecule has 3 aliphatic rings. The van der Waals surface area contributed by atoms with Crippen LogP contribution in [0.1, 0.15) is 93.9 Å². The van der Waals surface area contributed by atoms with E-state index in [1.807, 2.05) is 0 Å². The first-order valence-electron chi connectivity index (χ1n) is 12.8. The highest BCUT2D eigenvalue weighted by atomic mass is 31.2. The lowest BCUT2D eigenvalue weighted by molar-refractivity contribution is -0.189. The second kappa shape index (κ2) is 9.18. The number of carbonyl (C=O) groups is 1. The molecule has 0 spiro atoms. The molecule has 0 aromatic rings. The number of ether oxygens (including phenoxy) is 2. The molecule has 1 saturated carbocycles. The summed E-state index contributed by atoms with van der Waals surface area (Å²) in [5.41, 5.74) is 1.43. The van der Waals surface area contributed by atoms with Crippen molar-refractivity contribution in [2.75, 3.05) is 6.61 Å². The maximum atomic E-state index is 13.7. The molecule has 34 heavy (non-hydrogen) atoms. The molecule has 0 aliphatic heterocycles. The van der Waals surface area contributed by atoms with Crippen LogP contribution in [0.5, 0.6) is 0 Å². The second-order valence-corrected chi connectivity index (χ2v) is 14.8. The first kappa shape index (κ1) is 27.6. The van der Waals surface area contributed by atoms with Gasteiger partial charge in [-0.15, -0.1) is 0 Å². The minimum Gasteiger partial charge on any atom is -0.457 e. The van der Waals surface area contributed by atoms with E-state index in [2.05, 4.69) is 39.8 Å². The monoisotopic (exact) mass is 496 g/mol. The van der Waals surface area contributed by atoms with Crippen molar-refractivity contribution >= 4 is 13.6 Å². The number of esters is 1. The van der Waals surface area contributed by atoms with Crippen LogP contribution >= 0.6 is 7.60 Å². The van der Waals surface area contributed by atoms with E-state index >= 15 is 0 Å². The Kier molecular flexibility index (Phi) is 7.46. The van der Waals surface area contributed by atoms with Gasteiger partial charge in [0.1, 0.15) is 5.60 Å². The fraction of sp³-hybridized carbons (Fsp3) is 0.815.